The van der Waals surface area contributed by atoms with Crippen molar-refractivity contribution in [2.24, 2.45) is 0 Å². The molecule has 110 valence electrons. The fourth-order valence-electron chi connectivity index (χ4n) is 3.07. The van der Waals surface area contributed by atoms with Crippen molar-refractivity contribution in [3.8, 4) is 11.5 Å². The lowest BCUT2D eigenvalue weighted by Gasteiger charge is -2.40. The molecule has 0 saturated carbocycles. The lowest BCUT2D eigenvalue weighted by molar-refractivity contribution is -0.00834. The van der Waals surface area contributed by atoms with Gasteiger partial charge in [-0.1, -0.05) is 24.3 Å². The Morgan fingerprint density at radius 3 is 1.76 bits per heavy atom. The Bertz CT molecular complexity index is 546. The van der Waals surface area contributed by atoms with Gasteiger partial charge in [0.15, 0.2) is 0 Å². The highest BCUT2D eigenvalue weighted by Gasteiger charge is 2.38. The third-order valence-corrected chi connectivity index (χ3v) is 4.43. The van der Waals surface area contributed by atoms with E-state index in [1.165, 1.54) is 0 Å². The van der Waals surface area contributed by atoms with E-state index in [2.05, 4.69) is 6.92 Å². The van der Waals surface area contributed by atoms with E-state index in [0.717, 1.165) is 24.0 Å². The van der Waals surface area contributed by atoms with Crippen molar-refractivity contribution in [3.05, 3.63) is 59.7 Å². The van der Waals surface area contributed by atoms with Crippen molar-refractivity contribution >= 4 is 0 Å². The molecule has 3 heteroatoms. The molecule has 1 aliphatic heterocycles. The van der Waals surface area contributed by atoms with Crippen LogP contribution in [0.25, 0.3) is 0 Å². The van der Waals surface area contributed by atoms with Gasteiger partial charge in [-0.25, -0.2) is 0 Å². The van der Waals surface area contributed by atoms with E-state index in [-0.39, 0.29) is 23.0 Å². The molecule has 0 spiro atoms. The van der Waals surface area contributed by atoms with Gasteiger partial charge in [-0.05, 0) is 55.2 Å². The van der Waals surface area contributed by atoms with Crippen LogP contribution in [0.4, 0.5) is 0 Å². The first-order valence-electron chi connectivity index (χ1n) is 7.31. The van der Waals surface area contributed by atoms with Crippen LogP contribution in [-0.4, -0.2) is 22.9 Å². The highest BCUT2D eigenvalue weighted by Crippen LogP contribution is 2.41. The average molecular weight is 284 g/mol. The van der Waals surface area contributed by atoms with Crippen LogP contribution in [0.1, 0.15) is 30.9 Å². The second-order valence-corrected chi connectivity index (χ2v) is 5.84. The monoisotopic (exact) mass is 284 g/mol. The third-order valence-electron chi connectivity index (χ3n) is 4.43. The lowest BCUT2D eigenvalue weighted by atomic mass is 9.70. The number of hydrogen-bond donors (Lipinski definition) is 2. The van der Waals surface area contributed by atoms with Gasteiger partial charge in [0.2, 0.25) is 0 Å². The van der Waals surface area contributed by atoms with Crippen LogP contribution in [0.2, 0.25) is 0 Å². The van der Waals surface area contributed by atoms with Gasteiger partial charge >= 0.3 is 0 Å². The standard InChI is InChI=1S/C18H20O3/c1-13-10-11-18(12-21-13,14-2-6-16(19)7-3-14)15-4-8-17(20)9-5-15/h2-9,13,19-20H,10-12H2,1H3. The van der Waals surface area contributed by atoms with Crippen LogP contribution in [0, 0.1) is 0 Å². The van der Waals surface area contributed by atoms with Crippen molar-refractivity contribution in [1.82, 2.24) is 0 Å². The largest absolute Gasteiger partial charge is 0.508 e. The van der Waals surface area contributed by atoms with Crippen LogP contribution in [-0.2, 0) is 10.2 Å². The molecule has 2 N–H and O–H groups in total. The Balaban J connectivity index is 2.06. The summed E-state index contributed by atoms with van der Waals surface area (Å²) in [5.41, 5.74) is 2.06. The van der Waals surface area contributed by atoms with Gasteiger partial charge in [0.1, 0.15) is 11.5 Å². The quantitative estimate of drug-likeness (QED) is 0.886. The van der Waals surface area contributed by atoms with Crippen LogP contribution >= 0.6 is 0 Å². The number of hydrogen-bond acceptors (Lipinski definition) is 3. The van der Waals surface area contributed by atoms with Crippen molar-refractivity contribution < 1.29 is 14.9 Å². The molecule has 2 aromatic rings. The summed E-state index contributed by atoms with van der Waals surface area (Å²) < 4.78 is 5.94. The second kappa shape index (κ2) is 5.41. The molecule has 1 atom stereocenters. The molecule has 3 nitrogen and oxygen atoms in total. The van der Waals surface area contributed by atoms with E-state index in [4.69, 9.17) is 4.74 Å². The zero-order chi connectivity index (χ0) is 14.9. The molecule has 3 rings (SSSR count). The molecule has 0 amide bonds. The van der Waals surface area contributed by atoms with Gasteiger partial charge in [-0.3, -0.25) is 0 Å². The predicted molar refractivity (Wildman–Crippen MR) is 81.6 cm³/mol. The van der Waals surface area contributed by atoms with Gasteiger partial charge in [0.25, 0.3) is 0 Å². The highest BCUT2D eigenvalue weighted by molar-refractivity contribution is 5.43. The topological polar surface area (TPSA) is 49.7 Å². The summed E-state index contributed by atoms with van der Waals surface area (Å²) in [6.07, 6.45) is 2.25. The summed E-state index contributed by atoms with van der Waals surface area (Å²) in [7, 11) is 0. The average Bonchev–Trinajstić information content (AvgIpc) is 2.50. The minimum absolute atomic E-state index is 0.214. The van der Waals surface area contributed by atoms with Crippen LogP contribution in [0.5, 0.6) is 11.5 Å². The minimum atomic E-state index is -0.214. The second-order valence-electron chi connectivity index (χ2n) is 5.84. The maximum Gasteiger partial charge on any atom is 0.115 e. The van der Waals surface area contributed by atoms with Crippen LogP contribution in [0.15, 0.2) is 48.5 Å². The summed E-state index contributed by atoms with van der Waals surface area (Å²) in [6, 6.07) is 14.7. The van der Waals surface area contributed by atoms with E-state index < -0.39 is 0 Å². The van der Waals surface area contributed by atoms with E-state index in [1.54, 1.807) is 24.3 Å². The SMILES string of the molecule is CC1CCC(c2ccc(O)cc2)(c2ccc(O)cc2)CO1. The van der Waals surface area contributed by atoms with Crippen LogP contribution in [0.3, 0.4) is 0 Å². The van der Waals surface area contributed by atoms with Gasteiger partial charge in [0.05, 0.1) is 12.7 Å². The Hall–Kier alpha value is -2.00. The summed E-state index contributed by atoms with van der Waals surface area (Å²) >= 11 is 0. The van der Waals surface area contributed by atoms with E-state index in [9.17, 15) is 10.2 Å². The number of rotatable bonds is 2. The molecule has 1 heterocycles. The molecule has 21 heavy (non-hydrogen) atoms. The Labute approximate surface area is 124 Å². The van der Waals surface area contributed by atoms with Gasteiger partial charge in [-0.2, -0.15) is 0 Å². The van der Waals surface area contributed by atoms with Crippen molar-refractivity contribution in [3.63, 3.8) is 0 Å². The molecule has 1 saturated heterocycles. The van der Waals surface area contributed by atoms with Crippen molar-refractivity contribution in [1.29, 1.82) is 0 Å². The number of ether oxygens (including phenoxy) is 1. The maximum absolute atomic E-state index is 9.52. The maximum atomic E-state index is 9.52. The zero-order valence-electron chi connectivity index (χ0n) is 12.1. The Kier molecular flexibility index (Phi) is 3.60. The number of benzene rings is 2. The van der Waals surface area contributed by atoms with Gasteiger partial charge in [-0.15, -0.1) is 0 Å². The fourth-order valence-corrected chi connectivity index (χ4v) is 3.07. The summed E-state index contributed by atoms with van der Waals surface area (Å²) in [4.78, 5) is 0. The predicted octanol–water partition coefficient (Wildman–Crippen LogP) is 3.58. The first-order valence-corrected chi connectivity index (χ1v) is 7.31. The molecule has 0 bridgehead atoms. The van der Waals surface area contributed by atoms with E-state index in [0.29, 0.717) is 6.61 Å². The molecule has 1 unspecified atom stereocenters. The first-order chi connectivity index (χ1) is 10.1. The van der Waals surface area contributed by atoms with Crippen molar-refractivity contribution in [2.75, 3.05) is 6.61 Å². The third kappa shape index (κ3) is 2.61. The van der Waals surface area contributed by atoms with Crippen LogP contribution < -0.4 is 0 Å². The normalized spacial score (nSPS) is 21.1. The van der Waals surface area contributed by atoms with Crippen molar-refractivity contribution in [2.45, 2.75) is 31.3 Å². The number of phenols is 2. The minimum Gasteiger partial charge on any atom is -0.508 e. The smallest absolute Gasteiger partial charge is 0.115 e. The molecule has 1 fully saturated rings. The van der Waals surface area contributed by atoms with Gasteiger partial charge in [0, 0.05) is 5.41 Å². The van der Waals surface area contributed by atoms with Gasteiger partial charge < -0.3 is 14.9 Å². The lowest BCUT2D eigenvalue weighted by Crippen LogP contribution is -2.39. The molecular weight excluding hydrogens is 264 g/mol. The molecule has 2 aromatic carbocycles. The Morgan fingerprint density at radius 2 is 1.38 bits per heavy atom. The summed E-state index contributed by atoms with van der Waals surface area (Å²) in [6.45, 7) is 2.71. The number of aromatic hydroxyl groups is 2. The molecule has 0 aliphatic carbocycles. The molecular formula is C18H20O3. The van der Waals surface area contributed by atoms with E-state index in [1.807, 2.05) is 24.3 Å². The fraction of sp³-hybridized carbons (Fsp3) is 0.333. The Morgan fingerprint density at radius 1 is 0.905 bits per heavy atom. The molecule has 1 aliphatic rings. The first kappa shape index (κ1) is 14.0. The van der Waals surface area contributed by atoms with E-state index >= 15 is 0 Å². The number of phenolic OH excluding ortho intramolecular Hbond substituents is 2. The highest BCUT2D eigenvalue weighted by atomic mass is 16.5. The summed E-state index contributed by atoms with van der Waals surface area (Å²) in [5.74, 6) is 0.536. The zero-order valence-corrected chi connectivity index (χ0v) is 12.1. The molecule has 0 aromatic heterocycles. The molecule has 0 radical (unpaired) electrons. The summed E-state index contributed by atoms with van der Waals surface area (Å²) in [5, 5.41) is 19.0.